The summed E-state index contributed by atoms with van der Waals surface area (Å²) in [6, 6.07) is 12.2. The molecule has 0 amide bonds. The van der Waals surface area contributed by atoms with E-state index in [1.165, 1.54) is 24.3 Å². The molecule has 0 radical (unpaired) electrons. The van der Waals surface area contributed by atoms with Gasteiger partial charge >= 0.3 is 0 Å². The number of benzene rings is 2. The standard InChI is InChI=1S/C12H9N3O3/c16-10-5-3-4-9(8-10)13-14-11-6-1-2-7-12(11)15(17)18/h1-8,16H. The van der Waals surface area contributed by atoms with Crippen LogP contribution in [-0.2, 0) is 0 Å². The molecule has 2 aromatic rings. The lowest BCUT2D eigenvalue weighted by atomic mass is 10.3. The van der Waals surface area contributed by atoms with Crippen LogP contribution in [0.1, 0.15) is 0 Å². The predicted octanol–water partition coefficient (Wildman–Crippen LogP) is 3.72. The number of para-hydroxylation sites is 1. The van der Waals surface area contributed by atoms with Crippen molar-refractivity contribution < 1.29 is 10.0 Å². The fourth-order valence-corrected chi connectivity index (χ4v) is 1.37. The third-order valence-electron chi connectivity index (χ3n) is 2.18. The summed E-state index contributed by atoms with van der Waals surface area (Å²) in [7, 11) is 0. The minimum atomic E-state index is -0.517. The molecule has 2 rings (SSSR count). The first-order valence-corrected chi connectivity index (χ1v) is 5.11. The summed E-state index contributed by atoms with van der Waals surface area (Å²) in [5, 5.41) is 27.6. The number of nitrogens with zero attached hydrogens (tertiary/aromatic N) is 3. The molecule has 6 heteroatoms. The van der Waals surface area contributed by atoms with Gasteiger partial charge in [0.25, 0.3) is 5.69 Å². The van der Waals surface area contributed by atoms with Crippen LogP contribution in [-0.4, -0.2) is 10.0 Å². The van der Waals surface area contributed by atoms with Crippen molar-refractivity contribution in [2.45, 2.75) is 0 Å². The lowest BCUT2D eigenvalue weighted by Gasteiger charge is -1.96. The zero-order chi connectivity index (χ0) is 13.0. The molecule has 1 N–H and O–H groups in total. The topological polar surface area (TPSA) is 88.1 Å². The Balaban J connectivity index is 2.32. The van der Waals surface area contributed by atoms with Gasteiger partial charge in [0.1, 0.15) is 5.75 Å². The van der Waals surface area contributed by atoms with Crippen LogP contribution in [0.15, 0.2) is 58.8 Å². The van der Waals surface area contributed by atoms with Crippen LogP contribution in [0.5, 0.6) is 5.75 Å². The fourth-order valence-electron chi connectivity index (χ4n) is 1.37. The Hall–Kier alpha value is -2.76. The highest BCUT2D eigenvalue weighted by molar-refractivity contribution is 5.56. The van der Waals surface area contributed by atoms with Crippen LogP contribution >= 0.6 is 0 Å². The minimum absolute atomic E-state index is 0.0639. The fraction of sp³-hybridized carbons (Fsp3) is 0. The molecule has 0 fully saturated rings. The van der Waals surface area contributed by atoms with Crippen LogP contribution in [0.2, 0.25) is 0 Å². The Labute approximate surface area is 102 Å². The number of rotatable bonds is 3. The van der Waals surface area contributed by atoms with Crippen LogP contribution in [0.3, 0.4) is 0 Å². The highest BCUT2D eigenvalue weighted by Gasteiger charge is 2.11. The molecule has 6 nitrogen and oxygen atoms in total. The third-order valence-corrected chi connectivity index (χ3v) is 2.18. The van der Waals surface area contributed by atoms with Crippen molar-refractivity contribution in [3.05, 3.63) is 58.6 Å². The number of hydrogen-bond acceptors (Lipinski definition) is 5. The van der Waals surface area contributed by atoms with Gasteiger partial charge in [0.15, 0.2) is 5.69 Å². The first-order chi connectivity index (χ1) is 8.66. The maximum atomic E-state index is 10.8. The molecule has 0 atom stereocenters. The lowest BCUT2D eigenvalue weighted by molar-refractivity contribution is -0.384. The van der Waals surface area contributed by atoms with E-state index < -0.39 is 4.92 Å². The zero-order valence-corrected chi connectivity index (χ0v) is 9.22. The number of phenolic OH excluding ortho intramolecular Hbond substituents is 1. The molecule has 2 aromatic carbocycles. The second kappa shape index (κ2) is 5.05. The molecule has 90 valence electrons. The van der Waals surface area contributed by atoms with Crippen molar-refractivity contribution in [3.8, 4) is 5.75 Å². The van der Waals surface area contributed by atoms with Gasteiger partial charge in [-0.1, -0.05) is 18.2 Å². The maximum Gasteiger partial charge on any atom is 0.296 e. The molecule has 0 saturated heterocycles. The highest BCUT2D eigenvalue weighted by atomic mass is 16.6. The molecular weight excluding hydrogens is 234 g/mol. The summed E-state index contributed by atoms with van der Waals surface area (Å²) >= 11 is 0. The summed E-state index contributed by atoms with van der Waals surface area (Å²) in [6.45, 7) is 0. The van der Waals surface area contributed by atoms with Crippen molar-refractivity contribution in [2.75, 3.05) is 0 Å². The molecule has 0 aliphatic rings. The monoisotopic (exact) mass is 243 g/mol. The van der Waals surface area contributed by atoms with E-state index >= 15 is 0 Å². The first-order valence-electron chi connectivity index (χ1n) is 5.11. The van der Waals surface area contributed by atoms with E-state index in [0.717, 1.165) is 0 Å². The summed E-state index contributed by atoms with van der Waals surface area (Å²) in [6.07, 6.45) is 0. The van der Waals surface area contributed by atoms with Gasteiger partial charge in [0, 0.05) is 12.1 Å². The second-order valence-electron chi connectivity index (χ2n) is 3.47. The maximum absolute atomic E-state index is 10.8. The van der Waals surface area contributed by atoms with Crippen LogP contribution in [0, 0.1) is 10.1 Å². The summed E-state index contributed by atoms with van der Waals surface area (Å²) < 4.78 is 0. The third kappa shape index (κ3) is 2.67. The molecule has 0 aliphatic heterocycles. The molecule has 18 heavy (non-hydrogen) atoms. The van der Waals surface area contributed by atoms with E-state index in [4.69, 9.17) is 0 Å². The SMILES string of the molecule is O=[N+]([O-])c1ccccc1N=Nc1cccc(O)c1. The molecule has 0 aromatic heterocycles. The Morgan fingerprint density at radius 2 is 1.83 bits per heavy atom. The average molecular weight is 243 g/mol. The van der Waals surface area contributed by atoms with E-state index in [2.05, 4.69) is 10.2 Å². The molecule has 0 spiro atoms. The van der Waals surface area contributed by atoms with E-state index in [1.54, 1.807) is 24.3 Å². The van der Waals surface area contributed by atoms with Crippen molar-refractivity contribution in [2.24, 2.45) is 10.2 Å². The van der Waals surface area contributed by atoms with Crippen molar-refractivity contribution in [1.29, 1.82) is 0 Å². The van der Waals surface area contributed by atoms with Crippen molar-refractivity contribution >= 4 is 17.1 Å². The predicted molar refractivity (Wildman–Crippen MR) is 65.4 cm³/mol. The Bertz CT molecular complexity index is 611. The number of nitro benzene ring substituents is 1. The summed E-state index contributed by atoms with van der Waals surface area (Å²) in [4.78, 5) is 10.2. The Morgan fingerprint density at radius 1 is 1.06 bits per heavy atom. The number of phenols is 1. The molecular formula is C12H9N3O3. The largest absolute Gasteiger partial charge is 0.508 e. The van der Waals surface area contributed by atoms with E-state index in [9.17, 15) is 15.2 Å². The summed E-state index contributed by atoms with van der Waals surface area (Å²) in [5.41, 5.74) is 0.486. The molecule has 0 aliphatic carbocycles. The normalized spacial score (nSPS) is 10.7. The van der Waals surface area contributed by atoms with Gasteiger partial charge in [-0.3, -0.25) is 10.1 Å². The van der Waals surface area contributed by atoms with Gasteiger partial charge in [-0.25, -0.2) is 0 Å². The zero-order valence-electron chi connectivity index (χ0n) is 9.22. The van der Waals surface area contributed by atoms with Crippen LogP contribution in [0.4, 0.5) is 17.1 Å². The average Bonchev–Trinajstić information content (AvgIpc) is 2.37. The quantitative estimate of drug-likeness (QED) is 0.506. The first kappa shape index (κ1) is 11.7. The van der Waals surface area contributed by atoms with Gasteiger partial charge in [-0.15, -0.1) is 5.11 Å². The van der Waals surface area contributed by atoms with Gasteiger partial charge < -0.3 is 5.11 Å². The van der Waals surface area contributed by atoms with Gasteiger partial charge in [0.2, 0.25) is 0 Å². The smallest absolute Gasteiger partial charge is 0.296 e. The molecule has 0 unspecified atom stereocenters. The van der Waals surface area contributed by atoms with Crippen molar-refractivity contribution in [1.82, 2.24) is 0 Å². The van der Waals surface area contributed by atoms with Crippen LogP contribution in [0.25, 0.3) is 0 Å². The molecule has 0 bridgehead atoms. The van der Waals surface area contributed by atoms with Gasteiger partial charge in [-0.05, 0) is 18.2 Å². The lowest BCUT2D eigenvalue weighted by Crippen LogP contribution is -1.86. The van der Waals surface area contributed by atoms with Gasteiger partial charge in [0.05, 0.1) is 10.6 Å². The highest BCUT2D eigenvalue weighted by Crippen LogP contribution is 2.28. The number of nitro groups is 1. The van der Waals surface area contributed by atoms with E-state index in [0.29, 0.717) is 5.69 Å². The van der Waals surface area contributed by atoms with Gasteiger partial charge in [-0.2, -0.15) is 5.11 Å². The number of azo groups is 1. The molecule has 0 saturated carbocycles. The minimum Gasteiger partial charge on any atom is -0.508 e. The Kier molecular flexibility index (Phi) is 3.29. The van der Waals surface area contributed by atoms with Crippen LogP contribution < -0.4 is 0 Å². The Morgan fingerprint density at radius 3 is 2.56 bits per heavy atom. The van der Waals surface area contributed by atoms with E-state index in [-0.39, 0.29) is 17.1 Å². The summed E-state index contributed by atoms with van der Waals surface area (Å²) in [5.74, 6) is 0.0639. The second-order valence-corrected chi connectivity index (χ2v) is 3.47. The van der Waals surface area contributed by atoms with Crippen molar-refractivity contribution in [3.63, 3.8) is 0 Å². The number of aromatic hydroxyl groups is 1. The van der Waals surface area contributed by atoms with E-state index in [1.807, 2.05) is 0 Å². The molecule has 0 heterocycles. The number of hydrogen-bond donors (Lipinski definition) is 1.